The van der Waals surface area contributed by atoms with Gasteiger partial charge in [-0.1, -0.05) is 25.1 Å². The van der Waals surface area contributed by atoms with Crippen LogP contribution in [0.4, 0.5) is 5.69 Å². The van der Waals surface area contributed by atoms with Gasteiger partial charge >= 0.3 is 0 Å². The number of hydrogen-bond acceptors (Lipinski definition) is 5. The van der Waals surface area contributed by atoms with Crippen molar-refractivity contribution in [2.45, 2.75) is 39.2 Å². The summed E-state index contributed by atoms with van der Waals surface area (Å²) in [5.41, 5.74) is 8.11. The van der Waals surface area contributed by atoms with Crippen molar-refractivity contribution in [2.75, 3.05) is 0 Å². The van der Waals surface area contributed by atoms with E-state index >= 15 is 0 Å². The van der Waals surface area contributed by atoms with Gasteiger partial charge in [-0.3, -0.25) is 10.1 Å². The second-order valence-electron chi connectivity index (χ2n) is 4.83. The minimum absolute atomic E-state index is 0.0350. The molecule has 0 saturated carbocycles. The van der Waals surface area contributed by atoms with E-state index in [1.54, 1.807) is 16.8 Å². The lowest BCUT2D eigenvalue weighted by molar-refractivity contribution is -0.384. The monoisotopic (exact) mass is 289 g/mol. The highest BCUT2D eigenvalue weighted by atomic mass is 16.6. The highest BCUT2D eigenvalue weighted by Crippen LogP contribution is 2.28. The first-order valence-electron chi connectivity index (χ1n) is 7.01. The zero-order chi connectivity index (χ0) is 15.4. The quantitative estimate of drug-likeness (QED) is 0.650. The SMILES string of the molecule is CCC(CC)c1c(CN)nnn1-c1cccc([N+](=O)[O-])c1. The van der Waals surface area contributed by atoms with Crippen molar-refractivity contribution in [3.8, 4) is 5.69 Å². The molecule has 0 atom stereocenters. The zero-order valence-electron chi connectivity index (χ0n) is 12.2. The highest BCUT2D eigenvalue weighted by molar-refractivity contribution is 5.44. The van der Waals surface area contributed by atoms with E-state index in [1.165, 1.54) is 12.1 Å². The van der Waals surface area contributed by atoms with Crippen LogP contribution in [0.15, 0.2) is 24.3 Å². The van der Waals surface area contributed by atoms with Crippen LogP contribution in [0.5, 0.6) is 0 Å². The van der Waals surface area contributed by atoms with Gasteiger partial charge in [0.25, 0.3) is 5.69 Å². The lowest BCUT2D eigenvalue weighted by Crippen LogP contribution is -2.11. The maximum atomic E-state index is 10.9. The molecular formula is C14H19N5O2. The molecule has 0 radical (unpaired) electrons. The molecule has 0 fully saturated rings. The Labute approximate surface area is 122 Å². The Kier molecular flexibility index (Phi) is 4.64. The summed E-state index contributed by atoms with van der Waals surface area (Å²) >= 11 is 0. The van der Waals surface area contributed by atoms with Gasteiger partial charge in [0.2, 0.25) is 0 Å². The van der Waals surface area contributed by atoms with Crippen molar-refractivity contribution in [3.63, 3.8) is 0 Å². The molecule has 0 spiro atoms. The minimum atomic E-state index is -0.416. The summed E-state index contributed by atoms with van der Waals surface area (Å²) in [4.78, 5) is 10.5. The van der Waals surface area contributed by atoms with Crippen LogP contribution in [-0.2, 0) is 6.54 Å². The third kappa shape index (κ3) is 2.92. The standard InChI is InChI=1S/C14H19N5O2/c1-3-10(4-2)14-13(9-15)16-17-18(14)11-6-5-7-12(8-11)19(20)21/h5-8,10H,3-4,9,15H2,1-2H3. The van der Waals surface area contributed by atoms with Crippen LogP contribution in [0, 0.1) is 10.1 Å². The maximum Gasteiger partial charge on any atom is 0.271 e. The molecule has 7 heteroatoms. The zero-order valence-corrected chi connectivity index (χ0v) is 12.2. The molecule has 7 nitrogen and oxygen atoms in total. The van der Waals surface area contributed by atoms with Crippen molar-refractivity contribution in [3.05, 3.63) is 45.8 Å². The minimum Gasteiger partial charge on any atom is -0.325 e. The molecule has 0 bridgehead atoms. The predicted octanol–water partition coefficient (Wildman–Crippen LogP) is 2.54. The number of nitrogens with two attached hydrogens (primary N) is 1. The van der Waals surface area contributed by atoms with Crippen molar-refractivity contribution >= 4 is 5.69 Å². The molecule has 0 amide bonds. The van der Waals surface area contributed by atoms with Crippen LogP contribution in [0.1, 0.15) is 44.0 Å². The van der Waals surface area contributed by atoms with Gasteiger partial charge < -0.3 is 5.73 Å². The lowest BCUT2D eigenvalue weighted by atomic mass is 9.97. The topological polar surface area (TPSA) is 99.9 Å². The van der Waals surface area contributed by atoms with Crippen molar-refractivity contribution < 1.29 is 4.92 Å². The van der Waals surface area contributed by atoms with Gasteiger partial charge in [0.05, 0.1) is 16.3 Å². The lowest BCUT2D eigenvalue weighted by Gasteiger charge is -2.15. The van der Waals surface area contributed by atoms with Crippen molar-refractivity contribution in [1.29, 1.82) is 0 Å². The molecule has 1 heterocycles. The Morgan fingerprint density at radius 1 is 1.38 bits per heavy atom. The smallest absolute Gasteiger partial charge is 0.271 e. The van der Waals surface area contributed by atoms with E-state index in [4.69, 9.17) is 5.73 Å². The van der Waals surface area contributed by atoms with Crippen LogP contribution in [0.25, 0.3) is 5.69 Å². The molecule has 21 heavy (non-hydrogen) atoms. The molecule has 1 aromatic carbocycles. The van der Waals surface area contributed by atoms with Crippen LogP contribution < -0.4 is 5.73 Å². The molecule has 0 unspecified atom stereocenters. The van der Waals surface area contributed by atoms with Gasteiger partial charge in [-0.15, -0.1) is 5.10 Å². The van der Waals surface area contributed by atoms with Gasteiger partial charge in [0.15, 0.2) is 0 Å². The van der Waals surface area contributed by atoms with Crippen LogP contribution in [0.2, 0.25) is 0 Å². The summed E-state index contributed by atoms with van der Waals surface area (Å²) in [6.45, 7) is 4.50. The molecule has 0 aliphatic carbocycles. The van der Waals surface area contributed by atoms with E-state index in [9.17, 15) is 10.1 Å². The first kappa shape index (κ1) is 15.1. The average molecular weight is 289 g/mol. The molecule has 0 aliphatic heterocycles. The summed E-state index contributed by atoms with van der Waals surface area (Å²) in [6, 6.07) is 6.39. The van der Waals surface area contributed by atoms with Crippen LogP contribution in [-0.4, -0.2) is 19.9 Å². The second-order valence-corrected chi connectivity index (χ2v) is 4.83. The molecule has 0 saturated heterocycles. The van der Waals surface area contributed by atoms with Crippen LogP contribution in [0.3, 0.4) is 0 Å². The molecule has 0 aliphatic rings. The number of aromatic nitrogens is 3. The summed E-state index contributed by atoms with van der Waals surface area (Å²) in [6.07, 6.45) is 1.87. The normalized spacial score (nSPS) is 11.0. The number of nitro benzene ring substituents is 1. The van der Waals surface area contributed by atoms with Gasteiger partial charge in [-0.05, 0) is 18.9 Å². The maximum absolute atomic E-state index is 10.9. The first-order valence-corrected chi connectivity index (χ1v) is 7.01. The van der Waals surface area contributed by atoms with Gasteiger partial charge in [0, 0.05) is 24.6 Å². The third-order valence-electron chi connectivity index (χ3n) is 3.63. The Balaban J connectivity index is 2.56. The summed E-state index contributed by atoms with van der Waals surface area (Å²) < 4.78 is 1.67. The highest BCUT2D eigenvalue weighted by Gasteiger charge is 2.21. The van der Waals surface area contributed by atoms with Gasteiger partial charge in [0.1, 0.15) is 5.69 Å². The van der Waals surface area contributed by atoms with Crippen molar-refractivity contribution in [2.24, 2.45) is 5.73 Å². The number of nitro groups is 1. The molecule has 2 aromatic rings. The fraction of sp³-hybridized carbons (Fsp3) is 0.429. The van der Waals surface area contributed by atoms with E-state index in [-0.39, 0.29) is 11.6 Å². The largest absolute Gasteiger partial charge is 0.325 e. The Hall–Kier alpha value is -2.28. The number of non-ortho nitro benzene ring substituents is 1. The first-order chi connectivity index (χ1) is 10.1. The molecular weight excluding hydrogens is 270 g/mol. The van der Waals surface area contributed by atoms with Gasteiger partial charge in [-0.25, -0.2) is 4.68 Å². The Morgan fingerprint density at radius 2 is 2.10 bits per heavy atom. The average Bonchev–Trinajstić information content (AvgIpc) is 2.92. The fourth-order valence-electron chi connectivity index (χ4n) is 2.48. The Morgan fingerprint density at radius 3 is 2.67 bits per heavy atom. The molecule has 1 aromatic heterocycles. The van der Waals surface area contributed by atoms with Crippen molar-refractivity contribution in [1.82, 2.24) is 15.0 Å². The summed E-state index contributed by atoms with van der Waals surface area (Å²) in [7, 11) is 0. The number of hydrogen-bond donors (Lipinski definition) is 1. The Bertz CT molecular complexity index is 634. The second kappa shape index (κ2) is 6.45. The third-order valence-corrected chi connectivity index (χ3v) is 3.63. The van der Waals surface area contributed by atoms with E-state index in [0.717, 1.165) is 24.2 Å². The molecule has 112 valence electrons. The number of nitrogens with zero attached hydrogens (tertiary/aromatic N) is 4. The predicted molar refractivity (Wildman–Crippen MR) is 79.2 cm³/mol. The van der Waals surface area contributed by atoms with E-state index in [0.29, 0.717) is 12.2 Å². The molecule has 2 N–H and O–H groups in total. The molecule has 2 rings (SSSR count). The van der Waals surface area contributed by atoms with Gasteiger partial charge in [-0.2, -0.15) is 0 Å². The van der Waals surface area contributed by atoms with E-state index < -0.39 is 4.92 Å². The van der Waals surface area contributed by atoms with E-state index in [1.807, 2.05) is 0 Å². The number of rotatable bonds is 6. The summed E-state index contributed by atoms with van der Waals surface area (Å²) in [5, 5.41) is 19.2. The summed E-state index contributed by atoms with van der Waals surface area (Å²) in [5.74, 6) is 0.276. The van der Waals surface area contributed by atoms with Crippen LogP contribution >= 0.6 is 0 Å². The fourth-order valence-corrected chi connectivity index (χ4v) is 2.48. The number of benzene rings is 1. The van der Waals surface area contributed by atoms with E-state index in [2.05, 4.69) is 24.2 Å².